The van der Waals surface area contributed by atoms with Crippen molar-refractivity contribution in [3.8, 4) is 12.3 Å². The van der Waals surface area contributed by atoms with Crippen LogP contribution in [0, 0.1) is 12.3 Å². The van der Waals surface area contributed by atoms with E-state index in [0.29, 0.717) is 6.54 Å². The molecule has 0 aliphatic rings. The van der Waals surface area contributed by atoms with Crippen LogP contribution >= 0.6 is 0 Å². The molecule has 0 saturated carbocycles. The zero-order valence-corrected chi connectivity index (χ0v) is 10.7. The molecule has 1 aromatic rings. The maximum Gasteiger partial charge on any atom is 0.0791 e. The predicted molar refractivity (Wildman–Crippen MR) is 73.0 cm³/mol. The minimum atomic E-state index is -0.365. The van der Waals surface area contributed by atoms with Gasteiger partial charge in [-0.1, -0.05) is 31.9 Å². The first kappa shape index (κ1) is 13.6. The van der Waals surface area contributed by atoms with Gasteiger partial charge in [-0.05, 0) is 30.5 Å². The van der Waals surface area contributed by atoms with Gasteiger partial charge in [-0.3, -0.25) is 0 Å². The van der Waals surface area contributed by atoms with E-state index in [1.165, 1.54) is 0 Å². The van der Waals surface area contributed by atoms with Gasteiger partial charge in [0, 0.05) is 12.2 Å². The number of nitrogens with zero attached hydrogens (tertiary/aromatic N) is 1. The van der Waals surface area contributed by atoms with Crippen LogP contribution in [0.1, 0.15) is 38.4 Å². The molecule has 1 atom stereocenters. The van der Waals surface area contributed by atoms with Crippen molar-refractivity contribution in [1.29, 1.82) is 0 Å². The molecule has 1 unspecified atom stereocenters. The Balaban J connectivity index is 2.80. The molecular weight excluding hydrogens is 210 g/mol. The lowest BCUT2D eigenvalue weighted by Gasteiger charge is -2.22. The van der Waals surface area contributed by atoms with Crippen molar-refractivity contribution < 1.29 is 5.11 Å². The van der Waals surface area contributed by atoms with Crippen molar-refractivity contribution >= 4 is 5.69 Å². The number of hydrogen-bond donors (Lipinski definition) is 1. The van der Waals surface area contributed by atoms with Gasteiger partial charge in [-0.15, -0.1) is 6.42 Å². The lowest BCUT2D eigenvalue weighted by atomic mass is 10.1. The summed E-state index contributed by atoms with van der Waals surface area (Å²) in [5.41, 5.74) is 2.09. The zero-order valence-electron chi connectivity index (χ0n) is 10.7. The molecule has 1 aromatic carbocycles. The third kappa shape index (κ3) is 3.80. The highest BCUT2D eigenvalue weighted by Gasteiger charge is 2.07. The van der Waals surface area contributed by atoms with Gasteiger partial charge in [0.15, 0.2) is 0 Å². The summed E-state index contributed by atoms with van der Waals surface area (Å²) in [6.07, 6.45) is 6.81. The van der Waals surface area contributed by atoms with Crippen LogP contribution in [-0.2, 0) is 0 Å². The first-order valence-corrected chi connectivity index (χ1v) is 6.19. The second-order valence-electron chi connectivity index (χ2n) is 4.14. The van der Waals surface area contributed by atoms with Crippen LogP contribution < -0.4 is 4.90 Å². The van der Waals surface area contributed by atoms with Crippen LogP contribution in [0.3, 0.4) is 0 Å². The van der Waals surface area contributed by atoms with Crippen molar-refractivity contribution in [3.63, 3.8) is 0 Å². The second-order valence-corrected chi connectivity index (χ2v) is 4.14. The number of rotatable bonds is 6. The van der Waals surface area contributed by atoms with E-state index < -0.39 is 0 Å². The summed E-state index contributed by atoms with van der Waals surface area (Å²) in [7, 11) is 0. The molecule has 0 aliphatic heterocycles. The maximum absolute atomic E-state index is 9.72. The van der Waals surface area contributed by atoms with Crippen molar-refractivity contribution in [3.05, 3.63) is 29.8 Å². The topological polar surface area (TPSA) is 23.5 Å². The summed E-state index contributed by atoms with van der Waals surface area (Å²) in [5, 5.41) is 9.72. The molecule has 0 aliphatic carbocycles. The van der Waals surface area contributed by atoms with Gasteiger partial charge in [-0.2, -0.15) is 0 Å². The Morgan fingerprint density at radius 3 is 2.41 bits per heavy atom. The average Bonchev–Trinajstić information content (AvgIpc) is 2.38. The maximum atomic E-state index is 9.72. The standard InChI is InChI=1S/C15H21NO/c1-4-11-16(12-5-2)14-9-7-13(8-10-14)15(17)6-3/h1,7-10,15,17H,5-6,11-12H2,2-3H3. The molecule has 1 N–H and O–H groups in total. The summed E-state index contributed by atoms with van der Waals surface area (Å²) in [6, 6.07) is 8.01. The molecule has 0 aromatic heterocycles. The minimum Gasteiger partial charge on any atom is -0.388 e. The molecule has 0 amide bonds. The van der Waals surface area contributed by atoms with E-state index in [1.807, 2.05) is 31.2 Å². The smallest absolute Gasteiger partial charge is 0.0791 e. The highest BCUT2D eigenvalue weighted by atomic mass is 16.3. The molecule has 2 heteroatoms. The van der Waals surface area contributed by atoms with E-state index in [4.69, 9.17) is 6.42 Å². The zero-order chi connectivity index (χ0) is 12.7. The number of aliphatic hydroxyl groups is 1. The second kappa shape index (κ2) is 6.98. The minimum absolute atomic E-state index is 0.365. The highest BCUT2D eigenvalue weighted by Crippen LogP contribution is 2.21. The van der Waals surface area contributed by atoms with Crippen LogP contribution in [0.5, 0.6) is 0 Å². The van der Waals surface area contributed by atoms with Gasteiger partial charge in [0.1, 0.15) is 0 Å². The van der Waals surface area contributed by atoms with Crippen LogP contribution in [-0.4, -0.2) is 18.2 Å². The SMILES string of the molecule is C#CCN(CCC)c1ccc(C(O)CC)cc1. The Kier molecular flexibility index (Phi) is 5.59. The molecule has 2 nitrogen and oxygen atoms in total. The van der Waals surface area contributed by atoms with Gasteiger partial charge >= 0.3 is 0 Å². The van der Waals surface area contributed by atoms with Gasteiger partial charge in [-0.25, -0.2) is 0 Å². The molecule has 0 bridgehead atoms. The largest absolute Gasteiger partial charge is 0.388 e. The fourth-order valence-electron chi connectivity index (χ4n) is 1.82. The quantitative estimate of drug-likeness (QED) is 0.761. The summed E-state index contributed by atoms with van der Waals surface area (Å²) >= 11 is 0. The number of anilines is 1. The van der Waals surface area contributed by atoms with E-state index in [1.54, 1.807) is 0 Å². The van der Waals surface area contributed by atoms with Crippen molar-refractivity contribution in [2.45, 2.75) is 32.8 Å². The lowest BCUT2D eigenvalue weighted by molar-refractivity contribution is 0.173. The van der Waals surface area contributed by atoms with Gasteiger partial charge in [0.05, 0.1) is 12.6 Å². The molecular formula is C15H21NO. The Labute approximate surface area is 104 Å². The lowest BCUT2D eigenvalue weighted by Crippen LogP contribution is -2.24. The Morgan fingerprint density at radius 2 is 1.94 bits per heavy atom. The summed E-state index contributed by atoms with van der Waals surface area (Å²) in [6.45, 7) is 5.70. The monoisotopic (exact) mass is 231 g/mol. The van der Waals surface area contributed by atoms with Crippen molar-refractivity contribution in [2.24, 2.45) is 0 Å². The third-order valence-corrected chi connectivity index (χ3v) is 2.81. The Morgan fingerprint density at radius 1 is 1.29 bits per heavy atom. The van der Waals surface area contributed by atoms with Crippen molar-refractivity contribution in [2.75, 3.05) is 18.0 Å². The first-order chi connectivity index (χ1) is 8.22. The van der Waals surface area contributed by atoms with Gasteiger partial charge < -0.3 is 10.0 Å². The van der Waals surface area contributed by atoms with Crippen LogP contribution in [0.4, 0.5) is 5.69 Å². The fourth-order valence-corrected chi connectivity index (χ4v) is 1.82. The van der Waals surface area contributed by atoms with Gasteiger partial charge in [0.25, 0.3) is 0 Å². The molecule has 0 spiro atoms. The van der Waals surface area contributed by atoms with Crippen LogP contribution in [0.2, 0.25) is 0 Å². The molecule has 0 radical (unpaired) electrons. The summed E-state index contributed by atoms with van der Waals surface area (Å²) in [4.78, 5) is 2.17. The third-order valence-electron chi connectivity index (χ3n) is 2.81. The van der Waals surface area contributed by atoms with E-state index in [-0.39, 0.29) is 6.10 Å². The Bertz CT molecular complexity index is 364. The summed E-state index contributed by atoms with van der Waals surface area (Å²) < 4.78 is 0. The van der Waals surface area contributed by atoms with E-state index in [0.717, 1.165) is 30.6 Å². The normalized spacial score (nSPS) is 11.9. The molecule has 0 heterocycles. The van der Waals surface area contributed by atoms with E-state index in [2.05, 4.69) is 17.7 Å². The Hall–Kier alpha value is -1.46. The van der Waals surface area contributed by atoms with Crippen LogP contribution in [0.15, 0.2) is 24.3 Å². The molecule has 17 heavy (non-hydrogen) atoms. The van der Waals surface area contributed by atoms with Crippen molar-refractivity contribution in [1.82, 2.24) is 0 Å². The summed E-state index contributed by atoms with van der Waals surface area (Å²) in [5.74, 6) is 2.68. The highest BCUT2D eigenvalue weighted by molar-refractivity contribution is 5.48. The number of aliphatic hydroxyl groups excluding tert-OH is 1. The molecule has 0 saturated heterocycles. The number of terminal acetylenes is 1. The predicted octanol–water partition coefficient (Wildman–Crippen LogP) is 2.98. The average molecular weight is 231 g/mol. The fraction of sp³-hybridized carbons (Fsp3) is 0.467. The molecule has 1 rings (SSSR count). The number of benzene rings is 1. The van der Waals surface area contributed by atoms with Crippen LogP contribution in [0.25, 0.3) is 0 Å². The van der Waals surface area contributed by atoms with E-state index >= 15 is 0 Å². The molecule has 92 valence electrons. The molecule has 0 fully saturated rings. The number of hydrogen-bond acceptors (Lipinski definition) is 2. The van der Waals surface area contributed by atoms with Gasteiger partial charge in [0.2, 0.25) is 0 Å². The first-order valence-electron chi connectivity index (χ1n) is 6.19. The van der Waals surface area contributed by atoms with E-state index in [9.17, 15) is 5.11 Å².